The van der Waals surface area contributed by atoms with Gasteiger partial charge in [-0.25, -0.2) is 8.42 Å². The largest absolute Gasteiger partial charge is 0.316 e. The van der Waals surface area contributed by atoms with Crippen molar-refractivity contribution in [2.24, 2.45) is 0 Å². The van der Waals surface area contributed by atoms with E-state index in [4.69, 9.17) is 0 Å². The zero-order valence-corrected chi connectivity index (χ0v) is 13.2. The number of rotatable bonds is 4. The van der Waals surface area contributed by atoms with Crippen molar-refractivity contribution >= 4 is 10.0 Å². The summed E-state index contributed by atoms with van der Waals surface area (Å²) in [5.74, 6) is 0. The van der Waals surface area contributed by atoms with Crippen LogP contribution in [-0.2, 0) is 16.6 Å². The monoisotopic (exact) mass is 296 g/mol. The normalized spacial score (nSPS) is 17.9. The highest BCUT2D eigenvalue weighted by atomic mass is 32.2. The number of aryl methyl sites for hydroxylation is 1. The van der Waals surface area contributed by atoms with E-state index in [0.717, 1.165) is 36.8 Å². The van der Waals surface area contributed by atoms with Gasteiger partial charge in [0.25, 0.3) is 0 Å². The van der Waals surface area contributed by atoms with Gasteiger partial charge in [-0.2, -0.15) is 4.31 Å². The summed E-state index contributed by atoms with van der Waals surface area (Å²) in [6, 6.07) is 5.44. The highest BCUT2D eigenvalue weighted by molar-refractivity contribution is 7.89. The van der Waals surface area contributed by atoms with E-state index in [0.29, 0.717) is 24.5 Å². The molecule has 1 aromatic rings. The first-order valence-corrected chi connectivity index (χ1v) is 8.74. The summed E-state index contributed by atoms with van der Waals surface area (Å²) in [6.45, 7) is 4.00. The molecule has 5 heteroatoms. The summed E-state index contributed by atoms with van der Waals surface area (Å²) in [7, 11) is -1.47. The highest BCUT2D eigenvalue weighted by Crippen LogP contribution is 2.22. The SMILES string of the molecule is CNCc1cc(S(=O)(=O)N2CCCCCC2)ccc1C. The van der Waals surface area contributed by atoms with E-state index in [1.165, 1.54) is 0 Å². The van der Waals surface area contributed by atoms with Crippen molar-refractivity contribution in [1.29, 1.82) is 0 Å². The van der Waals surface area contributed by atoms with Gasteiger partial charge in [0.15, 0.2) is 0 Å². The lowest BCUT2D eigenvalue weighted by molar-refractivity contribution is 0.423. The van der Waals surface area contributed by atoms with Crippen LogP contribution < -0.4 is 5.32 Å². The van der Waals surface area contributed by atoms with E-state index >= 15 is 0 Å². The lowest BCUT2D eigenvalue weighted by Gasteiger charge is -2.20. The van der Waals surface area contributed by atoms with Gasteiger partial charge in [-0.3, -0.25) is 0 Å². The number of hydrogen-bond donors (Lipinski definition) is 1. The van der Waals surface area contributed by atoms with Crippen LogP contribution in [0.4, 0.5) is 0 Å². The molecular weight excluding hydrogens is 272 g/mol. The molecule has 0 radical (unpaired) electrons. The predicted octanol–water partition coefficient (Wildman–Crippen LogP) is 2.28. The molecule has 1 saturated heterocycles. The molecule has 1 fully saturated rings. The Morgan fingerprint density at radius 2 is 1.80 bits per heavy atom. The lowest BCUT2D eigenvalue weighted by atomic mass is 10.1. The molecule has 4 nitrogen and oxygen atoms in total. The molecule has 1 heterocycles. The Morgan fingerprint density at radius 3 is 2.40 bits per heavy atom. The molecule has 0 aromatic heterocycles. The fourth-order valence-electron chi connectivity index (χ4n) is 2.62. The molecule has 1 aliphatic heterocycles. The highest BCUT2D eigenvalue weighted by Gasteiger charge is 2.25. The molecule has 0 amide bonds. The van der Waals surface area contributed by atoms with Gasteiger partial charge in [-0.05, 0) is 50.1 Å². The number of nitrogens with one attached hydrogen (secondary N) is 1. The van der Waals surface area contributed by atoms with Crippen molar-refractivity contribution in [3.8, 4) is 0 Å². The fourth-order valence-corrected chi connectivity index (χ4v) is 4.19. The van der Waals surface area contributed by atoms with Gasteiger partial charge in [0.2, 0.25) is 10.0 Å². The molecule has 0 saturated carbocycles. The van der Waals surface area contributed by atoms with Crippen LogP contribution in [0.3, 0.4) is 0 Å². The molecule has 1 aromatic carbocycles. The maximum Gasteiger partial charge on any atom is 0.243 e. The Kier molecular flexibility index (Phi) is 5.18. The van der Waals surface area contributed by atoms with E-state index in [1.54, 1.807) is 10.4 Å². The minimum atomic E-state index is -3.34. The van der Waals surface area contributed by atoms with Gasteiger partial charge < -0.3 is 5.32 Å². The van der Waals surface area contributed by atoms with Gasteiger partial charge in [0.1, 0.15) is 0 Å². The van der Waals surface area contributed by atoms with Crippen molar-refractivity contribution in [3.63, 3.8) is 0 Å². The van der Waals surface area contributed by atoms with Crippen LogP contribution in [-0.4, -0.2) is 32.9 Å². The molecule has 20 heavy (non-hydrogen) atoms. The summed E-state index contributed by atoms with van der Waals surface area (Å²) in [6.07, 6.45) is 4.19. The molecule has 1 N–H and O–H groups in total. The van der Waals surface area contributed by atoms with E-state index in [-0.39, 0.29) is 0 Å². The Morgan fingerprint density at radius 1 is 1.15 bits per heavy atom. The smallest absolute Gasteiger partial charge is 0.243 e. The molecular formula is C15H24N2O2S. The van der Waals surface area contributed by atoms with E-state index < -0.39 is 10.0 Å². The maximum absolute atomic E-state index is 12.7. The summed E-state index contributed by atoms with van der Waals surface area (Å²) in [4.78, 5) is 0.426. The van der Waals surface area contributed by atoms with Crippen LogP contribution >= 0.6 is 0 Å². The standard InChI is InChI=1S/C15H24N2O2S/c1-13-7-8-15(11-14(13)12-16-2)20(18,19)17-9-5-3-4-6-10-17/h7-8,11,16H,3-6,9-10,12H2,1-2H3. The summed E-state index contributed by atoms with van der Waals surface area (Å²) >= 11 is 0. The average Bonchev–Trinajstić information content (AvgIpc) is 2.70. The average molecular weight is 296 g/mol. The van der Waals surface area contributed by atoms with Gasteiger partial charge in [-0.1, -0.05) is 18.9 Å². The third-order valence-corrected chi connectivity index (χ3v) is 5.79. The third-order valence-electron chi connectivity index (χ3n) is 3.89. The third kappa shape index (κ3) is 3.40. The lowest BCUT2D eigenvalue weighted by Crippen LogP contribution is -2.32. The number of benzene rings is 1. The van der Waals surface area contributed by atoms with E-state index in [2.05, 4.69) is 5.32 Å². The maximum atomic E-state index is 12.7. The zero-order chi connectivity index (χ0) is 14.6. The predicted molar refractivity (Wildman–Crippen MR) is 81.2 cm³/mol. The number of sulfonamides is 1. The Balaban J connectivity index is 2.30. The second kappa shape index (κ2) is 6.70. The minimum absolute atomic E-state index is 0.426. The molecule has 112 valence electrons. The van der Waals surface area contributed by atoms with Crippen molar-refractivity contribution < 1.29 is 8.42 Å². The summed E-state index contributed by atoms with van der Waals surface area (Å²) in [5, 5.41) is 3.08. The quantitative estimate of drug-likeness (QED) is 0.927. The molecule has 0 aliphatic carbocycles. The molecule has 2 rings (SSSR count). The zero-order valence-electron chi connectivity index (χ0n) is 12.4. The van der Waals surface area contributed by atoms with Crippen LogP contribution in [0.15, 0.2) is 23.1 Å². The van der Waals surface area contributed by atoms with Crippen molar-refractivity contribution in [1.82, 2.24) is 9.62 Å². The topological polar surface area (TPSA) is 49.4 Å². The Hall–Kier alpha value is -0.910. The molecule has 1 aliphatic rings. The molecule has 0 unspecified atom stereocenters. The van der Waals surface area contributed by atoms with Gasteiger partial charge in [-0.15, -0.1) is 0 Å². The van der Waals surface area contributed by atoms with Gasteiger partial charge in [0, 0.05) is 19.6 Å². The second-order valence-electron chi connectivity index (χ2n) is 5.44. The number of hydrogen-bond acceptors (Lipinski definition) is 3. The molecule has 0 bridgehead atoms. The van der Waals surface area contributed by atoms with Gasteiger partial charge >= 0.3 is 0 Å². The Labute approximate surface area is 122 Å². The van der Waals surface area contributed by atoms with Crippen LogP contribution in [0.5, 0.6) is 0 Å². The number of nitrogens with zero attached hydrogens (tertiary/aromatic N) is 1. The van der Waals surface area contributed by atoms with Crippen LogP contribution in [0.25, 0.3) is 0 Å². The molecule has 0 spiro atoms. The van der Waals surface area contributed by atoms with Crippen molar-refractivity contribution in [2.45, 2.75) is 44.0 Å². The van der Waals surface area contributed by atoms with Gasteiger partial charge in [0.05, 0.1) is 4.90 Å². The first kappa shape index (κ1) is 15.5. The van der Waals surface area contributed by atoms with Crippen LogP contribution in [0, 0.1) is 6.92 Å². The Bertz CT molecular complexity index is 547. The molecule has 0 atom stereocenters. The fraction of sp³-hybridized carbons (Fsp3) is 0.600. The second-order valence-corrected chi connectivity index (χ2v) is 7.37. The first-order chi connectivity index (χ1) is 9.55. The minimum Gasteiger partial charge on any atom is -0.316 e. The first-order valence-electron chi connectivity index (χ1n) is 7.30. The summed E-state index contributed by atoms with van der Waals surface area (Å²) in [5.41, 5.74) is 2.16. The van der Waals surface area contributed by atoms with Crippen molar-refractivity contribution in [2.75, 3.05) is 20.1 Å². The van der Waals surface area contributed by atoms with Crippen molar-refractivity contribution in [3.05, 3.63) is 29.3 Å². The summed E-state index contributed by atoms with van der Waals surface area (Å²) < 4.78 is 27.1. The van der Waals surface area contributed by atoms with Crippen LogP contribution in [0.1, 0.15) is 36.8 Å². The van der Waals surface area contributed by atoms with E-state index in [9.17, 15) is 8.42 Å². The van der Waals surface area contributed by atoms with Crippen LogP contribution in [0.2, 0.25) is 0 Å². The van der Waals surface area contributed by atoms with E-state index in [1.807, 2.05) is 26.1 Å².